The van der Waals surface area contributed by atoms with Gasteiger partial charge in [0.15, 0.2) is 0 Å². The Labute approximate surface area is 223 Å². The molecule has 38 heavy (non-hydrogen) atoms. The van der Waals surface area contributed by atoms with Crippen molar-refractivity contribution < 1.29 is 28.9 Å². The fraction of sp³-hybridized carbons (Fsp3) is 0.290. The molecule has 1 aliphatic heterocycles. The Kier molecular flexibility index (Phi) is 8.36. The number of ketones is 1. The summed E-state index contributed by atoms with van der Waals surface area (Å²) in [5, 5.41) is 11.4. The molecule has 1 aliphatic rings. The summed E-state index contributed by atoms with van der Waals surface area (Å²) in [7, 11) is 1.57. The van der Waals surface area contributed by atoms with E-state index < -0.39 is 17.7 Å². The van der Waals surface area contributed by atoms with Crippen LogP contribution in [0.5, 0.6) is 17.2 Å². The zero-order valence-electron chi connectivity index (χ0n) is 22.1. The molecule has 1 N–H and O–H groups in total. The molecule has 7 nitrogen and oxygen atoms in total. The second kappa shape index (κ2) is 11.9. The maximum Gasteiger partial charge on any atom is 0.295 e. The Hall–Kier alpha value is -4.26. The van der Waals surface area contributed by atoms with Crippen LogP contribution >= 0.6 is 0 Å². The summed E-state index contributed by atoms with van der Waals surface area (Å²) in [4.78, 5) is 28.3. The van der Waals surface area contributed by atoms with Crippen LogP contribution in [0.25, 0.3) is 5.76 Å². The summed E-state index contributed by atoms with van der Waals surface area (Å²) < 4.78 is 16.9. The van der Waals surface area contributed by atoms with E-state index in [0.29, 0.717) is 35.0 Å². The first kappa shape index (κ1) is 26.8. The molecule has 0 saturated carbocycles. The Morgan fingerprint density at radius 3 is 2.34 bits per heavy atom. The van der Waals surface area contributed by atoms with E-state index in [1.165, 1.54) is 4.90 Å². The smallest absolute Gasteiger partial charge is 0.295 e. The van der Waals surface area contributed by atoms with Crippen LogP contribution in [0.4, 0.5) is 0 Å². The highest BCUT2D eigenvalue weighted by molar-refractivity contribution is 6.46. The number of hydrogen-bond donors (Lipinski definition) is 1. The number of rotatable bonds is 10. The topological polar surface area (TPSA) is 85.3 Å². The predicted molar refractivity (Wildman–Crippen MR) is 145 cm³/mol. The Morgan fingerprint density at radius 1 is 0.947 bits per heavy atom. The number of aliphatic hydroxyl groups is 1. The zero-order chi connectivity index (χ0) is 27.2. The van der Waals surface area contributed by atoms with Gasteiger partial charge >= 0.3 is 0 Å². The Morgan fingerprint density at radius 2 is 1.66 bits per heavy atom. The van der Waals surface area contributed by atoms with E-state index in [9.17, 15) is 14.7 Å². The normalized spacial score (nSPS) is 16.7. The maximum atomic E-state index is 13.4. The van der Waals surface area contributed by atoms with Gasteiger partial charge in [0.1, 0.15) is 23.0 Å². The average molecular weight is 516 g/mol. The van der Waals surface area contributed by atoms with Crippen LogP contribution in [0.15, 0.2) is 78.4 Å². The molecule has 0 bridgehead atoms. The molecule has 198 valence electrons. The van der Waals surface area contributed by atoms with E-state index in [1.54, 1.807) is 31.4 Å². The lowest BCUT2D eigenvalue weighted by atomic mass is 9.95. The first-order chi connectivity index (χ1) is 18.3. The van der Waals surface area contributed by atoms with E-state index in [0.717, 1.165) is 12.0 Å². The molecule has 0 aromatic heterocycles. The molecule has 1 atom stereocenters. The summed E-state index contributed by atoms with van der Waals surface area (Å²) in [6.07, 6.45) is 0.819. The molecule has 0 aliphatic carbocycles. The van der Waals surface area contributed by atoms with Gasteiger partial charge in [0, 0.05) is 12.1 Å². The van der Waals surface area contributed by atoms with Crippen LogP contribution in [-0.2, 0) is 16.1 Å². The van der Waals surface area contributed by atoms with E-state index in [2.05, 4.69) is 0 Å². The van der Waals surface area contributed by atoms with Gasteiger partial charge in [-0.25, -0.2) is 0 Å². The monoisotopic (exact) mass is 515 g/mol. The fourth-order valence-corrected chi connectivity index (χ4v) is 4.47. The van der Waals surface area contributed by atoms with Crippen LogP contribution in [0.1, 0.15) is 49.9 Å². The van der Waals surface area contributed by atoms with Gasteiger partial charge in [0.25, 0.3) is 11.7 Å². The van der Waals surface area contributed by atoms with Crippen LogP contribution in [0.2, 0.25) is 0 Å². The van der Waals surface area contributed by atoms with Crippen LogP contribution in [-0.4, -0.2) is 41.5 Å². The number of nitrogens with zero attached hydrogens (tertiary/aromatic N) is 1. The highest BCUT2D eigenvalue weighted by Crippen LogP contribution is 2.41. The number of methoxy groups -OCH3 is 1. The molecule has 3 aromatic rings. The van der Waals surface area contributed by atoms with Crippen molar-refractivity contribution in [3.8, 4) is 17.2 Å². The summed E-state index contributed by atoms with van der Waals surface area (Å²) in [5.41, 5.74) is 1.91. The first-order valence-corrected chi connectivity index (χ1v) is 12.7. The second-order valence-corrected chi connectivity index (χ2v) is 9.39. The van der Waals surface area contributed by atoms with Crippen molar-refractivity contribution in [2.45, 2.75) is 45.9 Å². The van der Waals surface area contributed by atoms with Crippen molar-refractivity contribution in [3.63, 3.8) is 0 Å². The SMILES string of the molecule is CCCOc1ccc(/C(O)=C2/C(=O)C(=O)N(Cc3cccc(OC)c3)C2c2cccc(OC(C)C)c2)cc1. The molecule has 1 amide bonds. The van der Waals surface area contributed by atoms with Crippen LogP contribution in [0.3, 0.4) is 0 Å². The van der Waals surface area contributed by atoms with Crippen LogP contribution in [0, 0.1) is 0 Å². The van der Waals surface area contributed by atoms with Gasteiger partial charge in [-0.05, 0) is 79.9 Å². The minimum absolute atomic E-state index is 0.0295. The van der Waals surface area contributed by atoms with Crippen molar-refractivity contribution in [2.24, 2.45) is 0 Å². The van der Waals surface area contributed by atoms with Crippen molar-refractivity contribution in [1.29, 1.82) is 0 Å². The molecule has 1 heterocycles. The summed E-state index contributed by atoms with van der Waals surface area (Å²) >= 11 is 0. The lowest BCUT2D eigenvalue weighted by Crippen LogP contribution is -2.29. The minimum Gasteiger partial charge on any atom is -0.507 e. The third-order valence-electron chi connectivity index (χ3n) is 6.17. The summed E-state index contributed by atoms with van der Waals surface area (Å²) in [5.74, 6) is 0.264. The molecule has 7 heteroatoms. The number of carbonyl (C=O) groups is 2. The number of benzene rings is 3. The number of Topliss-reactive ketones (excluding diaryl/α,β-unsaturated/α-hetero) is 1. The number of hydrogen-bond acceptors (Lipinski definition) is 6. The van der Waals surface area contributed by atoms with E-state index >= 15 is 0 Å². The van der Waals surface area contributed by atoms with E-state index in [4.69, 9.17) is 14.2 Å². The van der Waals surface area contributed by atoms with E-state index in [-0.39, 0.29) is 24.0 Å². The quantitative estimate of drug-likeness (QED) is 0.206. The molecular formula is C31H33NO6. The molecule has 1 saturated heterocycles. The molecule has 3 aromatic carbocycles. The second-order valence-electron chi connectivity index (χ2n) is 9.39. The van der Waals surface area contributed by atoms with Gasteiger partial charge in [0.2, 0.25) is 0 Å². The summed E-state index contributed by atoms with van der Waals surface area (Å²) in [6, 6.07) is 20.7. The third-order valence-corrected chi connectivity index (χ3v) is 6.17. The molecule has 0 spiro atoms. The number of carbonyl (C=O) groups excluding carboxylic acids is 2. The third kappa shape index (κ3) is 5.83. The zero-order valence-corrected chi connectivity index (χ0v) is 22.1. The lowest BCUT2D eigenvalue weighted by molar-refractivity contribution is -0.140. The van der Waals surface area contributed by atoms with Crippen LogP contribution < -0.4 is 14.2 Å². The highest BCUT2D eigenvalue weighted by Gasteiger charge is 2.46. The number of aliphatic hydroxyl groups excluding tert-OH is 1. The van der Waals surface area contributed by atoms with Crippen molar-refractivity contribution in [3.05, 3.63) is 95.1 Å². The minimum atomic E-state index is -0.812. The van der Waals surface area contributed by atoms with Gasteiger partial charge in [-0.1, -0.05) is 31.2 Å². The molecule has 0 radical (unpaired) electrons. The van der Waals surface area contributed by atoms with Gasteiger partial charge in [0.05, 0.1) is 31.4 Å². The van der Waals surface area contributed by atoms with E-state index in [1.807, 2.05) is 69.3 Å². The van der Waals surface area contributed by atoms with Crippen molar-refractivity contribution >= 4 is 17.4 Å². The standard InChI is InChI=1S/C31H33NO6/c1-5-16-37-24-14-12-22(13-15-24)29(33)27-28(23-9-7-11-26(18-23)38-20(2)3)32(31(35)30(27)34)19-21-8-6-10-25(17-21)36-4/h6-15,17-18,20,28,33H,5,16,19H2,1-4H3/b29-27-. The Bertz CT molecular complexity index is 1330. The van der Waals surface area contributed by atoms with Gasteiger partial charge in [-0.2, -0.15) is 0 Å². The lowest BCUT2D eigenvalue weighted by Gasteiger charge is -2.26. The Balaban J connectivity index is 1.80. The first-order valence-electron chi connectivity index (χ1n) is 12.7. The van der Waals surface area contributed by atoms with Crippen molar-refractivity contribution in [2.75, 3.05) is 13.7 Å². The van der Waals surface area contributed by atoms with Crippen molar-refractivity contribution in [1.82, 2.24) is 4.90 Å². The summed E-state index contributed by atoms with van der Waals surface area (Å²) in [6.45, 7) is 6.61. The predicted octanol–water partition coefficient (Wildman–Crippen LogP) is 5.89. The number of amides is 1. The number of ether oxygens (including phenoxy) is 3. The maximum absolute atomic E-state index is 13.4. The number of likely N-dealkylation sites (tertiary alicyclic amines) is 1. The molecule has 1 unspecified atom stereocenters. The molecule has 4 rings (SSSR count). The average Bonchev–Trinajstić information content (AvgIpc) is 3.16. The van der Waals surface area contributed by atoms with Gasteiger partial charge in [-0.15, -0.1) is 0 Å². The largest absolute Gasteiger partial charge is 0.507 e. The fourth-order valence-electron chi connectivity index (χ4n) is 4.47. The van der Waals surface area contributed by atoms with Gasteiger partial charge < -0.3 is 24.2 Å². The molecule has 1 fully saturated rings. The van der Waals surface area contributed by atoms with Gasteiger partial charge in [-0.3, -0.25) is 9.59 Å². The molecular weight excluding hydrogens is 482 g/mol. The highest BCUT2D eigenvalue weighted by atomic mass is 16.5.